The molecule has 1 heterocycles. The average molecular weight is 433 g/mol. The smallest absolute Gasteiger partial charge is 0.354 e. The van der Waals surface area contributed by atoms with Crippen molar-refractivity contribution in [3.8, 4) is 0 Å². The zero-order valence-electron chi connectivity index (χ0n) is 16.6. The minimum Gasteiger partial charge on any atom is -0.354 e. The minimum atomic E-state index is -6.25. The number of alkyl halides is 4. The second kappa shape index (κ2) is 10.7. The molecule has 0 fully saturated rings. The van der Waals surface area contributed by atoms with E-state index in [2.05, 4.69) is 6.92 Å². The lowest BCUT2D eigenvalue weighted by Crippen LogP contribution is -2.61. The molecule has 0 aromatic carbocycles. The molecular weight excluding hydrogens is 400 g/mol. The maximum absolute atomic E-state index is 14.3. The van der Waals surface area contributed by atoms with Crippen LogP contribution in [0.5, 0.6) is 0 Å². The van der Waals surface area contributed by atoms with Gasteiger partial charge in [0.05, 0.1) is 0 Å². The average Bonchev–Trinajstić information content (AvgIpc) is 2.96. The molecule has 0 aliphatic carbocycles. The van der Waals surface area contributed by atoms with Gasteiger partial charge in [0.1, 0.15) is 0 Å². The highest BCUT2D eigenvalue weighted by molar-refractivity contribution is 7.87. The van der Waals surface area contributed by atoms with Crippen molar-refractivity contribution in [3.05, 3.63) is 12.4 Å². The summed E-state index contributed by atoms with van der Waals surface area (Å²) in [6, 6.07) is 0. The molecule has 0 saturated carbocycles. The van der Waals surface area contributed by atoms with Crippen LogP contribution >= 0.6 is 0 Å². The van der Waals surface area contributed by atoms with Crippen molar-refractivity contribution in [2.24, 2.45) is 0 Å². The fraction of sp³-hybridized carbons (Fsp3) is 0.889. The van der Waals surface area contributed by atoms with Crippen LogP contribution in [0.1, 0.15) is 71.1 Å². The Morgan fingerprint density at radius 2 is 1.36 bits per heavy atom. The Morgan fingerprint density at radius 3 is 1.82 bits per heavy atom. The van der Waals surface area contributed by atoms with Crippen LogP contribution in [0.2, 0.25) is 0 Å². The first-order chi connectivity index (χ1) is 13.0. The standard InChI is InChI=1S/C18H32F4N2O3S/c1-3-4-5-6-7-8-9-10-11-12-13-24-15-14-23(2)16(24)17(19,20)18(21,22)28(25,26)27/h14-16H,3-13H2,1-2H3,(H,25,26,27). The summed E-state index contributed by atoms with van der Waals surface area (Å²) >= 11 is 0. The normalized spacial score (nSPS) is 18.3. The molecule has 0 bridgehead atoms. The van der Waals surface area contributed by atoms with Gasteiger partial charge < -0.3 is 9.80 Å². The second-order valence-corrected chi connectivity index (χ2v) is 8.83. The summed E-state index contributed by atoms with van der Waals surface area (Å²) in [7, 11) is -5.09. The van der Waals surface area contributed by atoms with Gasteiger partial charge in [0.15, 0.2) is 6.17 Å². The summed E-state index contributed by atoms with van der Waals surface area (Å²) in [6.07, 6.45) is 10.8. The summed E-state index contributed by atoms with van der Waals surface area (Å²) in [5.74, 6) is -4.99. The summed E-state index contributed by atoms with van der Waals surface area (Å²) in [5, 5.41) is -5.58. The lowest BCUT2D eigenvalue weighted by Gasteiger charge is -2.38. The third kappa shape index (κ3) is 6.23. The Labute approximate surface area is 165 Å². The first-order valence-electron chi connectivity index (χ1n) is 9.85. The molecule has 28 heavy (non-hydrogen) atoms. The van der Waals surface area contributed by atoms with Crippen molar-refractivity contribution in [1.29, 1.82) is 0 Å². The summed E-state index contributed by atoms with van der Waals surface area (Å²) < 4.78 is 86.1. The summed E-state index contributed by atoms with van der Waals surface area (Å²) in [5.41, 5.74) is 0. The largest absolute Gasteiger partial charge is 0.435 e. The maximum Gasteiger partial charge on any atom is 0.435 e. The molecule has 1 aliphatic heterocycles. The highest BCUT2D eigenvalue weighted by atomic mass is 32.2. The Morgan fingerprint density at radius 1 is 0.893 bits per heavy atom. The Bertz CT molecular complexity index is 600. The van der Waals surface area contributed by atoms with Gasteiger partial charge in [-0.15, -0.1) is 0 Å². The molecule has 10 heteroatoms. The van der Waals surface area contributed by atoms with E-state index in [4.69, 9.17) is 4.55 Å². The molecule has 0 aromatic rings. The highest BCUT2D eigenvalue weighted by Gasteiger charge is 2.71. The van der Waals surface area contributed by atoms with E-state index in [1.165, 1.54) is 44.5 Å². The summed E-state index contributed by atoms with van der Waals surface area (Å²) in [6.45, 7) is 2.26. The maximum atomic E-state index is 14.3. The Balaban J connectivity index is 2.46. The van der Waals surface area contributed by atoms with Crippen molar-refractivity contribution in [2.45, 2.75) is 88.5 Å². The molecule has 0 aromatic heterocycles. The third-order valence-corrected chi connectivity index (χ3v) is 5.92. The molecule has 166 valence electrons. The van der Waals surface area contributed by atoms with Crippen molar-refractivity contribution in [2.75, 3.05) is 13.6 Å². The third-order valence-electron chi connectivity index (χ3n) is 5.00. The molecule has 1 rings (SSSR count). The van der Waals surface area contributed by atoms with Gasteiger partial charge in [0.25, 0.3) is 0 Å². The Kier molecular flexibility index (Phi) is 9.52. The van der Waals surface area contributed by atoms with E-state index in [0.29, 0.717) is 6.42 Å². The number of hydrogen-bond acceptors (Lipinski definition) is 4. The molecule has 0 saturated heterocycles. The topological polar surface area (TPSA) is 60.9 Å². The Hall–Kier alpha value is -1.03. The first kappa shape index (κ1) is 25.0. The lowest BCUT2D eigenvalue weighted by molar-refractivity contribution is -0.213. The van der Waals surface area contributed by atoms with Gasteiger partial charge in [0.2, 0.25) is 0 Å². The van der Waals surface area contributed by atoms with Gasteiger partial charge in [-0.3, -0.25) is 4.55 Å². The minimum absolute atomic E-state index is 0.0964. The number of nitrogens with zero attached hydrogens (tertiary/aromatic N) is 2. The molecule has 0 radical (unpaired) electrons. The molecule has 1 unspecified atom stereocenters. The van der Waals surface area contributed by atoms with Crippen LogP contribution in [0.15, 0.2) is 12.4 Å². The van der Waals surface area contributed by atoms with Gasteiger partial charge >= 0.3 is 21.3 Å². The van der Waals surface area contributed by atoms with Crippen molar-refractivity contribution in [1.82, 2.24) is 9.80 Å². The molecule has 5 nitrogen and oxygen atoms in total. The first-order valence-corrected chi connectivity index (χ1v) is 11.3. The number of hydrogen-bond donors (Lipinski definition) is 1. The molecule has 1 atom stereocenters. The van der Waals surface area contributed by atoms with Crippen LogP contribution in [-0.2, 0) is 10.1 Å². The highest BCUT2D eigenvalue weighted by Crippen LogP contribution is 2.44. The monoisotopic (exact) mass is 432 g/mol. The van der Waals surface area contributed by atoms with E-state index in [-0.39, 0.29) is 6.54 Å². The van der Waals surface area contributed by atoms with E-state index >= 15 is 0 Å². The van der Waals surface area contributed by atoms with Gasteiger partial charge in [0, 0.05) is 26.0 Å². The van der Waals surface area contributed by atoms with E-state index in [0.717, 1.165) is 42.5 Å². The molecule has 1 N–H and O–H groups in total. The van der Waals surface area contributed by atoms with Crippen LogP contribution in [0, 0.1) is 0 Å². The van der Waals surface area contributed by atoms with Crippen molar-refractivity contribution >= 4 is 10.1 Å². The van der Waals surface area contributed by atoms with Crippen LogP contribution in [0.4, 0.5) is 17.6 Å². The van der Waals surface area contributed by atoms with Crippen molar-refractivity contribution < 1.29 is 30.5 Å². The van der Waals surface area contributed by atoms with Gasteiger partial charge in [-0.2, -0.15) is 26.0 Å². The van der Waals surface area contributed by atoms with E-state index in [1.807, 2.05) is 0 Å². The van der Waals surface area contributed by atoms with Gasteiger partial charge in [-0.05, 0) is 6.42 Å². The van der Waals surface area contributed by atoms with Crippen LogP contribution in [0.3, 0.4) is 0 Å². The fourth-order valence-corrected chi connectivity index (χ4v) is 3.80. The lowest BCUT2D eigenvalue weighted by atomic mass is 10.1. The second-order valence-electron chi connectivity index (χ2n) is 7.37. The predicted octanol–water partition coefficient (Wildman–Crippen LogP) is 5.07. The number of halogens is 4. The fourth-order valence-electron chi connectivity index (χ4n) is 3.35. The molecule has 0 spiro atoms. The summed E-state index contributed by atoms with van der Waals surface area (Å²) in [4.78, 5) is 1.83. The molecule has 1 aliphatic rings. The molecule has 0 amide bonds. The molecular formula is C18H32F4N2O3S. The number of rotatable bonds is 14. The van der Waals surface area contributed by atoms with Gasteiger partial charge in [-0.25, -0.2) is 0 Å². The number of unbranched alkanes of at least 4 members (excludes halogenated alkanes) is 9. The zero-order chi connectivity index (χ0) is 21.4. The van der Waals surface area contributed by atoms with Gasteiger partial charge in [-0.1, -0.05) is 64.7 Å². The van der Waals surface area contributed by atoms with Crippen LogP contribution in [0.25, 0.3) is 0 Å². The van der Waals surface area contributed by atoms with E-state index in [1.54, 1.807) is 0 Å². The van der Waals surface area contributed by atoms with E-state index < -0.39 is 27.5 Å². The zero-order valence-corrected chi connectivity index (χ0v) is 17.4. The van der Waals surface area contributed by atoms with E-state index in [9.17, 15) is 26.0 Å². The SMILES string of the molecule is CCCCCCCCCCCCN1C=CN(C)C1C(F)(F)C(F)(F)S(=O)(=O)O. The predicted molar refractivity (Wildman–Crippen MR) is 101 cm³/mol. The quantitative estimate of drug-likeness (QED) is 0.236. The van der Waals surface area contributed by atoms with Crippen molar-refractivity contribution in [3.63, 3.8) is 0 Å². The van der Waals surface area contributed by atoms with Crippen LogP contribution in [-0.4, -0.2) is 53.7 Å². The van der Waals surface area contributed by atoms with Crippen LogP contribution < -0.4 is 0 Å².